The minimum atomic E-state index is -0.812. The zero-order valence-electron chi connectivity index (χ0n) is 8.82. The number of hydrogen-bond donors (Lipinski definition) is 1. The van der Waals surface area contributed by atoms with Crippen molar-refractivity contribution >= 4 is 5.97 Å². The minimum Gasteiger partial charge on any atom is -0.497 e. The molecule has 1 aromatic carbocycles. The zero-order chi connectivity index (χ0) is 11.3. The summed E-state index contributed by atoms with van der Waals surface area (Å²) in [6.07, 6.45) is 0.561. The third-order valence-electron chi connectivity index (χ3n) is 2.10. The fourth-order valence-electron chi connectivity index (χ4n) is 1.30. The molecule has 0 unspecified atom stereocenters. The van der Waals surface area contributed by atoms with Gasteiger partial charge in [-0.25, -0.2) is 0 Å². The lowest BCUT2D eigenvalue weighted by atomic mass is 10.1. The molecule has 1 aromatic rings. The first-order chi connectivity index (χ1) is 7.17. The van der Waals surface area contributed by atoms with Crippen LogP contribution in [-0.4, -0.2) is 25.3 Å². The Hall–Kier alpha value is -1.71. The minimum absolute atomic E-state index is 0.0999. The fraction of sp³-hybridized carbons (Fsp3) is 0.364. The van der Waals surface area contributed by atoms with Gasteiger partial charge in [0.25, 0.3) is 0 Å². The van der Waals surface area contributed by atoms with Crippen molar-refractivity contribution in [3.63, 3.8) is 0 Å². The Morgan fingerprint density at radius 1 is 1.33 bits per heavy atom. The van der Waals surface area contributed by atoms with Crippen molar-refractivity contribution in [1.29, 1.82) is 0 Å². The molecule has 1 N–H and O–H groups in total. The van der Waals surface area contributed by atoms with E-state index >= 15 is 0 Å². The SMILES string of the molecule is COc1ccc(CCC(=O)O)c(OC)c1. The molecule has 0 heterocycles. The molecule has 82 valence electrons. The van der Waals surface area contributed by atoms with E-state index in [1.807, 2.05) is 6.07 Å². The first kappa shape index (κ1) is 11.4. The summed E-state index contributed by atoms with van der Waals surface area (Å²) in [5.41, 5.74) is 0.876. The van der Waals surface area contributed by atoms with Gasteiger partial charge in [0.05, 0.1) is 14.2 Å². The van der Waals surface area contributed by atoms with Crippen LogP contribution in [0.4, 0.5) is 0 Å². The van der Waals surface area contributed by atoms with E-state index in [9.17, 15) is 4.79 Å². The second-order valence-corrected chi connectivity index (χ2v) is 3.07. The van der Waals surface area contributed by atoms with Crippen molar-refractivity contribution in [2.45, 2.75) is 12.8 Å². The van der Waals surface area contributed by atoms with E-state index in [2.05, 4.69) is 0 Å². The van der Waals surface area contributed by atoms with Crippen molar-refractivity contribution < 1.29 is 19.4 Å². The van der Waals surface area contributed by atoms with Crippen molar-refractivity contribution in [3.8, 4) is 11.5 Å². The Bertz CT molecular complexity index is 346. The molecule has 0 aliphatic rings. The molecular formula is C11H14O4. The normalized spacial score (nSPS) is 9.73. The van der Waals surface area contributed by atoms with Crippen LogP contribution < -0.4 is 9.47 Å². The number of methoxy groups -OCH3 is 2. The van der Waals surface area contributed by atoms with E-state index in [0.29, 0.717) is 17.9 Å². The maximum absolute atomic E-state index is 10.4. The predicted octanol–water partition coefficient (Wildman–Crippen LogP) is 1.72. The molecule has 1 rings (SSSR count). The molecule has 0 amide bonds. The van der Waals surface area contributed by atoms with Crippen LogP contribution in [0.1, 0.15) is 12.0 Å². The molecule has 15 heavy (non-hydrogen) atoms. The molecular weight excluding hydrogens is 196 g/mol. The standard InChI is InChI=1S/C11H14O4/c1-14-9-5-3-8(4-6-11(12)13)10(7-9)15-2/h3,5,7H,4,6H2,1-2H3,(H,12,13). The van der Waals surface area contributed by atoms with Gasteiger partial charge in [0.15, 0.2) is 0 Å². The van der Waals surface area contributed by atoms with E-state index in [1.165, 1.54) is 0 Å². The predicted molar refractivity (Wildman–Crippen MR) is 55.5 cm³/mol. The number of hydrogen-bond acceptors (Lipinski definition) is 3. The molecule has 0 aliphatic carbocycles. The second kappa shape index (κ2) is 5.24. The largest absolute Gasteiger partial charge is 0.497 e. The van der Waals surface area contributed by atoms with Crippen LogP contribution in [0, 0.1) is 0 Å². The van der Waals surface area contributed by atoms with E-state index in [4.69, 9.17) is 14.6 Å². The maximum Gasteiger partial charge on any atom is 0.303 e. The molecule has 0 fully saturated rings. The van der Waals surface area contributed by atoms with Crippen LogP contribution in [0.25, 0.3) is 0 Å². The van der Waals surface area contributed by atoms with E-state index in [1.54, 1.807) is 26.4 Å². The molecule has 0 bridgehead atoms. The number of aliphatic carboxylic acids is 1. The van der Waals surface area contributed by atoms with Gasteiger partial charge in [-0.3, -0.25) is 4.79 Å². The molecule has 4 heteroatoms. The lowest BCUT2D eigenvalue weighted by Crippen LogP contribution is -1.99. The summed E-state index contributed by atoms with van der Waals surface area (Å²) in [6, 6.07) is 5.36. The average molecular weight is 210 g/mol. The topological polar surface area (TPSA) is 55.8 Å². The lowest BCUT2D eigenvalue weighted by molar-refractivity contribution is -0.136. The van der Waals surface area contributed by atoms with Crippen LogP contribution in [-0.2, 0) is 11.2 Å². The summed E-state index contributed by atoms with van der Waals surface area (Å²) in [5, 5.41) is 8.57. The molecule has 0 aliphatic heterocycles. The molecule has 0 radical (unpaired) electrons. The molecule has 0 saturated carbocycles. The van der Waals surface area contributed by atoms with Crippen LogP contribution in [0.2, 0.25) is 0 Å². The van der Waals surface area contributed by atoms with Crippen molar-refractivity contribution in [2.75, 3.05) is 14.2 Å². The highest BCUT2D eigenvalue weighted by atomic mass is 16.5. The van der Waals surface area contributed by atoms with Gasteiger partial charge in [0, 0.05) is 12.5 Å². The quantitative estimate of drug-likeness (QED) is 0.804. The first-order valence-corrected chi connectivity index (χ1v) is 4.60. The van der Waals surface area contributed by atoms with Crippen LogP contribution in [0.3, 0.4) is 0 Å². The summed E-state index contributed by atoms with van der Waals surface area (Å²) in [6.45, 7) is 0. The Labute approximate surface area is 88.4 Å². The molecule has 4 nitrogen and oxygen atoms in total. The fourth-order valence-corrected chi connectivity index (χ4v) is 1.30. The van der Waals surface area contributed by atoms with E-state index in [-0.39, 0.29) is 6.42 Å². The van der Waals surface area contributed by atoms with Gasteiger partial charge in [-0.05, 0) is 18.1 Å². The highest BCUT2D eigenvalue weighted by Gasteiger charge is 2.06. The number of ether oxygens (including phenoxy) is 2. The van der Waals surface area contributed by atoms with Crippen molar-refractivity contribution in [1.82, 2.24) is 0 Å². The summed E-state index contributed by atoms with van der Waals surface area (Å²) in [5.74, 6) is 0.550. The summed E-state index contributed by atoms with van der Waals surface area (Å²) < 4.78 is 10.2. The number of carboxylic acid groups (broad SMARTS) is 1. The first-order valence-electron chi connectivity index (χ1n) is 4.60. The maximum atomic E-state index is 10.4. The summed E-state index contributed by atoms with van der Waals surface area (Å²) in [7, 11) is 3.13. The van der Waals surface area contributed by atoms with Gasteiger partial charge in [-0.2, -0.15) is 0 Å². The monoisotopic (exact) mass is 210 g/mol. The van der Waals surface area contributed by atoms with Crippen LogP contribution >= 0.6 is 0 Å². The lowest BCUT2D eigenvalue weighted by Gasteiger charge is -2.09. The van der Waals surface area contributed by atoms with Crippen LogP contribution in [0.5, 0.6) is 11.5 Å². The summed E-state index contributed by atoms with van der Waals surface area (Å²) >= 11 is 0. The molecule has 0 aromatic heterocycles. The van der Waals surface area contributed by atoms with Gasteiger partial charge in [0.1, 0.15) is 11.5 Å². The molecule has 0 spiro atoms. The molecule has 0 saturated heterocycles. The molecule has 0 atom stereocenters. The van der Waals surface area contributed by atoms with Crippen molar-refractivity contribution in [3.05, 3.63) is 23.8 Å². The van der Waals surface area contributed by atoms with E-state index < -0.39 is 5.97 Å². The van der Waals surface area contributed by atoms with Gasteiger partial charge in [-0.1, -0.05) is 6.07 Å². The van der Waals surface area contributed by atoms with Crippen molar-refractivity contribution in [2.24, 2.45) is 0 Å². The highest BCUT2D eigenvalue weighted by molar-refractivity contribution is 5.67. The number of carbonyl (C=O) groups is 1. The summed E-state index contributed by atoms with van der Waals surface area (Å²) in [4.78, 5) is 10.4. The number of carboxylic acids is 1. The Morgan fingerprint density at radius 3 is 2.60 bits per heavy atom. The van der Waals surface area contributed by atoms with Gasteiger partial charge in [0.2, 0.25) is 0 Å². The number of rotatable bonds is 5. The van der Waals surface area contributed by atoms with Crippen LogP contribution in [0.15, 0.2) is 18.2 Å². The van der Waals surface area contributed by atoms with Gasteiger partial charge >= 0.3 is 5.97 Å². The highest BCUT2D eigenvalue weighted by Crippen LogP contribution is 2.25. The second-order valence-electron chi connectivity index (χ2n) is 3.07. The van der Waals surface area contributed by atoms with E-state index in [0.717, 1.165) is 5.56 Å². The Balaban J connectivity index is 2.82. The number of aryl methyl sites for hydroxylation is 1. The Morgan fingerprint density at radius 2 is 2.07 bits per heavy atom. The Kier molecular flexibility index (Phi) is 3.97. The smallest absolute Gasteiger partial charge is 0.303 e. The van der Waals surface area contributed by atoms with Gasteiger partial charge in [-0.15, -0.1) is 0 Å². The average Bonchev–Trinajstić information content (AvgIpc) is 2.25. The zero-order valence-corrected chi connectivity index (χ0v) is 8.82. The third kappa shape index (κ3) is 3.16. The number of benzene rings is 1. The van der Waals surface area contributed by atoms with Gasteiger partial charge < -0.3 is 14.6 Å². The third-order valence-corrected chi connectivity index (χ3v) is 2.10.